The van der Waals surface area contributed by atoms with Crippen LogP contribution >= 0.6 is 0 Å². The number of ether oxygens (including phenoxy) is 2. The Labute approximate surface area is 177 Å². The van der Waals surface area contributed by atoms with E-state index >= 15 is 0 Å². The summed E-state index contributed by atoms with van der Waals surface area (Å²) in [7, 11) is 0. The largest absolute Gasteiger partial charge is 0.504 e. The Balaban J connectivity index is 1.51. The minimum Gasteiger partial charge on any atom is -0.504 e. The predicted octanol–water partition coefficient (Wildman–Crippen LogP) is 3.01. The van der Waals surface area contributed by atoms with Crippen molar-refractivity contribution in [3.8, 4) is 11.5 Å². The standard InChI is InChI=1S/C24H30N2O4/c1-2-29-23-12-17(9-10-22(23)27)15-26-16-19-7-4-3-6-18(19)13-21(26)24(28)25-14-20-8-5-11-30-20/h3-4,6-7,9-10,12,20-21,27H,2,5,8,11,13-16H2,1H3,(H,25,28). The summed E-state index contributed by atoms with van der Waals surface area (Å²) in [6, 6.07) is 13.5. The minimum absolute atomic E-state index is 0.0452. The number of hydrogen-bond acceptors (Lipinski definition) is 5. The van der Waals surface area contributed by atoms with Gasteiger partial charge in [-0.25, -0.2) is 0 Å². The molecule has 6 nitrogen and oxygen atoms in total. The molecule has 0 aromatic heterocycles. The lowest BCUT2D eigenvalue weighted by Gasteiger charge is -2.36. The molecule has 0 saturated carbocycles. The summed E-state index contributed by atoms with van der Waals surface area (Å²) in [6.07, 6.45) is 2.88. The van der Waals surface area contributed by atoms with Crippen molar-refractivity contribution >= 4 is 5.91 Å². The molecule has 2 N–H and O–H groups in total. The Kier molecular flexibility index (Phi) is 6.55. The van der Waals surface area contributed by atoms with E-state index in [2.05, 4.69) is 22.3 Å². The minimum atomic E-state index is -0.245. The van der Waals surface area contributed by atoms with Gasteiger partial charge >= 0.3 is 0 Å². The molecule has 0 bridgehead atoms. The van der Waals surface area contributed by atoms with E-state index in [1.54, 1.807) is 6.07 Å². The Hall–Kier alpha value is -2.57. The number of phenols is 1. The lowest BCUT2D eigenvalue weighted by Crippen LogP contribution is -2.51. The van der Waals surface area contributed by atoms with Crippen molar-refractivity contribution in [3.05, 3.63) is 59.2 Å². The van der Waals surface area contributed by atoms with Gasteiger partial charge in [-0.15, -0.1) is 0 Å². The number of aromatic hydroxyl groups is 1. The van der Waals surface area contributed by atoms with Crippen LogP contribution in [0.5, 0.6) is 11.5 Å². The van der Waals surface area contributed by atoms with Crippen LogP contribution in [0.3, 0.4) is 0 Å². The van der Waals surface area contributed by atoms with Gasteiger partial charge in [0, 0.05) is 26.2 Å². The first-order chi connectivity index (χ1) is 14.6. The van der Waals surface area contributed by atoms with Gasteiger partial charge in [0.25, 0.3) is 0 Å². The van der Waals surface area contributed by atoms with Crippen LogP contribution in [0.25, 0.3) is 0 Å². The number of phenolic OH excluding ortho intramolecular Hbond substituents is 1. The highest BCUT2D eigenvalue weighted by Gasteiger charge is 2.32. The fourth-order valence-electron chi connectivity index (χ4n) is 4.30. The molecular weight excluding hydrogens is 380 g/mol. The van der Waals surface area contributed by atoms with E-state index < -0.39 is 0 Å². The average molecular weight is 411 g/mol. The number of carbonyl (C=O) groups is 1. The van der Waals surface area contributed by atoms with Gasteiger partial charge in [0.1, 0.15) is 0 Å². The molecule has 1 amide bonds. The van der Waals surface area contributed by atoms with Crippen molar-refractivity contribution in [2.75, 3.05) is 19.8 Å². The lowest BCUT2D eigenvalue weighted by molar-refractivity contribution is -0.127. The third-order valence-electron chi connectivity index (χ3n) is 5.89. The van der Waals surface area contributed by atoms with Crippen molar-refractivity contribution in [3.63, 3.8) is 0 Å². The maximum Gasteiger partial charge on any atom is 0.237 e. The first-order valence-electron chi connectivity index (χ1n) is 10.8. The molecule has 2 aromatic carbocycles. The van der Waals surface area contributed by atoms with Gasteiger partial charge in [0.05, 0.1) is 18.8 Å². The fraction of sp³-hybridized carbons (Fsp3) is 0.458. The van der Waals surface area contributed by atoms with Gasteiger partial charge < -0.3 is 19.9 Å². The third kappa shape index (κ3) is 4.77. The van der Waals surface area contributed by atoms with Crippen LogP contribution in [0.2, 0.25) is 0 Å². The molecule has 4 rings (SSSR count). The number of rotatable bonds is 7. The molecule has 6 heteroatoms. The highest BCUT2D eigenvalue weighted by Crippen LogP contribution is 2.30. The Morgan fingerprint density at radius 1 is 1.27 bits per heavy atom. The maximum atomic E-state index is 13.1. The average Bonchev–Trinajstić information content (AvgIpc) is 3.28. The molecule has 30 heavy (non-hydrogen) atoms. The van der Waals surface area contributed by atoms with Gasteiger partial charge in [-0.05, 0) is 55.0 Å². The molecule has 2 aliphatic heterocycles. The van der Waals surface area contributed by atoms with E-state index in [0.29, 0.717) is 38.4 Å². The Morgan fingerprint density at radius 2 is 2.10 bits per heavy atom. The summed E-state index contributed by atoms with van der Waals surface area (Å²) in [4.78, 5) is 15.3. The second-order valence-electron chi connectivity index (χ2n) is 8.01. The van der Waals surface area contributed by atoms with Crippen LogP contribution in [-0.4, -0.2) is 47.8 Å². The van der Waals surface area contributed by atoms with Crippen molar-refractivity contribution < 1.29 is 19.4 Å². The van der Waals surface area contributed by atoms with Crippen LogP contribution in [0.4, 0.5) is 0 Å². The zero-order valence-corrected chi connectivity index (χ0v) is 17.5. The molecule has 160 valence electrons. The lowest BCUT2D eigenvalue weighted by atomic mass is 9.93. The second kappa shape index (κ2) is 9.49. The third-order valence-corrected chi connectivity index (χ3v) is 5.89. The fourth-order valence-corrected chi connectivity index (χ4v) is 4.30. The number of hydrogen-bond donors (Lipinski definition) is 2. The van der Waals surface area contributed by atoms with Crippen LogP contribution in [-0.2, 0) is 29.0 Å². The molecular formula is C24H30N2O4. The van der Waals surface area contributed by atoms with E-state index in [0.717, 1.165) is 25.0 Å². The van der Waals surface area contributed by atoms with Crippen molar-refractivity contribution in [2.24, 2.45) is 0 Å². The maximum absolute atomic E-state index is 13.1. The molecule has 2 atom stereocenters. The quantitative estimate of drug-likeness (QED) is 0.734. The van der Waals surface area contributed by atoms with Gasteiger partial charge in [-0.1, -0.05) is 30.3 Å². The monoisotopic (exact) mass is 410 g/mol. The molecule has 2 aromatic rings. The smallest absolute Gasteiger partial charge is 0.237 e. The Morgan fingerprint density at radius 3 is 2.87 bits per heavy atom. The highest BCUT2D eigenvalue weighted by atomic mass is 16.5. The summed E-state index contributed by atoms with van der Waals surface area (Å²) >= 11 is 0. The van der Waals surface area contributed by atoms with E-state index in [9.17, 15) is 9.90 Å². The van der Waals surface area contributed by atoms with E-state index in [1.165, 1.54) is 11.1 Å². The molecule has 1 saturated heterocycles. The van der Waals surface area contributed by atoms with Crippen molar-refractivity contribution in [2.45, 2.75) is 51.4 Å². The summed E-state index contributed by atoms with van der Waals surface area (Å²) < 4.78 is 11.2. The molecule has 2 aliphatic rings. The topological polar surface area (TPSA) is 71.0 Å². The molecule has 0 spiro atoms. The number of benzene rings is 2. The number of nitrogens with zero attached hydrogens (tertiary/aromatic N) is 1. The first kappa shape index (κ1) is 20.7. The summed E-state index contributed by atoms with van der Waals surface area (Å²) in [5.74, 6) is 0.658. The van der Waals surface area contributed by atoms with Crippen molar-refractivity contribution in [1.82, 2.24) is 10.2 Å². The SMILES string of the molecule is CCOc1cc(CN2Cc3ccccc3CC2C(=O)NCC2CCCO2)ccc1O. The zero-order chi connectivity index (χ0) is 20.9. The molecule has 1 fully saturated rings. The summed E-state index contributed by atoms with van der Waals surface area (Å²) in [5.41, 5.74) is 3.49. The second-order valence-corrected chi connectivity index (χ2v) is 8.01. The zero-order valence-electron chi connectivity index (χ0n) is 17.5. The molecule has 0 aliphatic carbocycles. The van der Waals surface area contributed by atoms with E-state index in [1.807, 2.05) is 31.2 Å². The van der Waals surface area contributed by atoms with Crippen LogP contribution in [0, 0.1) is 0 Å². The van der Waals surface area contributed by atoms with Gasteiger partial charge in [-0.2, -0.15) is 0 Å². The number of fused-ring (bicyclic) bond motifs is 1. The van der Waals surface area contributed by atoms with Crippen LogP contribution in [0.1, 0.15) is 36.5 Å². The number of amides is 1. The van der Waals surface area contributed by atoms with Gasteiger partial charge in [0.15, 0.2) is 11.5 Å². The molecule has 2 unspecified atom stereocenters. The van der Waals surface area contributed by atoms with Gasteiger partial charge in [-0.3, -0.25) is 9.69 Å². The van der Waals surface area contributed by atoms with E-state index in [-0.39, 0.29) is 23.8 Å². The predicted molar refractivity (Wildman–Crippen MR) is 114 cm³/mol. The van der Waals surface area contributed by atoms with Crippen LogP contribution in [0.15, 0.2) is 42.5 Å². The van der Waals surface area contributed by atoms with Gasteiger partial charge in [0.2, 0.25) is 5.91 Å². The van der Waals surface area contributed by atoms with Crippen LogP contribution < -0.4 is 10.1 Å². The summed E-state index contributed by atoms with van der Waals surface area (Å²) in [5, 5.41) is 13.1. The Bertz CT molecular complexity index is 879. The number of carbonyl (C=O) groups excluding carboxylic acids is 1. The molecule has 2 heterocycles. The van der Waals surface area contributed by atoms with E-state index in [4.69, 9.17) is 9.47 Å². The highest BCUT2D eigenvalue weighted by molar-refractivity contribution is 5.82. The molecule has 0 radical (unpaired) electrons. The normalized spacial score (nSPS) is 21.2. The van der Waals surface area contributed by atoms with Crippen molar-refractivity contribution in [1.29, 1.82) is 0 Å². The first-order valence-corrected chi connectivity index (χ1v) is 10.8. The number of nitrogens with one attached hydrogen (secondary N) is 1. The summed E-state index contributed by atoms with van der Waals surface area (Å²) in [6.45, 7) is 5.04.